The molecule has 6 heteroatoms. The summed E-state index contributed by atoms with van der Waals surface area (Å²) in [7, 11) is 0. The van der Waals surface area contributed by atoms with E-state index in [9.17, 15) is 8.78 Å². The molecule has 19 heavy (non-hydrogen) atoms. The average Bonchev–Trinajstić information content (AvgIpc) is 2.64. The van der Waals surface area contributed by atoms with Gasteiger partial charge >= 0.3 is 0 Å². The van der Waals surface area contributed by atoms with Crippen molar-refractivity contribution < 1.29 is 8.78 Å². The number of nitrogens with zero attached hydrogens (tertiary/aromatic N) is 1. The molecule has 1 aromatic carbocycles. The Bertz CT molecular complexity index is 666. The summed E-state index contributed by atoms with van der Waals surface area (Å²) >= 11 is 4.05. The van der Waals surface area contributed by atoms with E-state index < -0.39 is 11.6 Å². The Hall–Kier alpha value is -1.45. The average molecular weight is 343 g/mol. The van der Waals surface area contributed by atoms with Crippen molar-refractivity contribution in [1.29, 1.82) is 5.26 Å². The van der Waals surface area contributed by atoms with Gasteiger partial charge in [-0.1, -0.05) is 22.9 Å². The number of hydrogen-bond acceptors (Lipinski definition) is 3. The monoisotopic (exact) mass is 342 g/mol. The zero-order valence-electron chi connectivity index (χ0n) is 9.93. The van der Waals surface area contributed by atoms with E-state index in [1.165, 1.54) is 12.1 Å². The van der Waals surface area contributed by atoms with Crippen LogP contribution in [0, 0.1) is 23.0 Å². The first-order valence-corrected chi connectivity index (χ1v) is 7.06. The highest BCUT2D eigenvalue weighted by Gasteiger charge is 2.21. The van der Waals surface area contributed by atoms with Gasteiger partial charge in [0.25, 0.3) is 0 Å². The number of thiophene rings is 1. The van der Waals surface area contributed by atoms with E-state index in [0.717, 1.165) is 11.3 Å². The molecular weight excluding hydrogens is 334 g/mol. The van der Waals surface area contributed by atoms with Gasteiger partial charge in [-0.05, 0) is 24.1 Å². The van der Waals surface area contributed by atoms with Gasteiger partial charge in [-0.3, -0.25) is 0 Å². The number of nitriles is 1. The fraction of sp³-hybridized carbons (Fsp3) is 0.154. The van der Waals surface area contributed by atoms with Gasteiger partial charge in [0.2, 0.25) is 0 Å². The zero-order valence-corrected chi connectivity index (χ0v) is 12.3. The highest BCUT2D eigenvalue weighted by Crippen LogP contribution is 2.41. The molecule has 98 valence electrons. The van der Waals surface area contributed by atoms with Gasteiger partial charge in [-0.2, -0.15) is 5.26 Å². The van der Waals surface area contributed by atoms with Crippen molar-refractivity contribution in [2.45, 2.75) is 13.3 Å². The number of nitrogens with two attached hydrogens (primary N) is 1. The first-order chi connectivity index (χ1) is 8.99. The van der Waals surface area contributed by atoms with Crippen molar-refractivity contribution in [3.05, 3.63) is 38.7 Å². The van der Waals surface area contributed by atoms with Crippen LogP contribution in [0.25, 0.3) is 10.4 Å². The highest BCUT2D eigenvalue weighted by atomic mass is 79.9. The molecule has 0 unspecified atom stereocenters. The summed E-state index contributed by atoms with van der Waals surface area (Å²) in [5, 5.41) is 8.97. The molecule has 0 bridgehead atoms. The number of benzene rings is 1. The van der Waals surface area contributed by atoms with Crippen molar-refractivity contribution in [2.24, 2.45) is 0 Å². The van der Waals surface area contributed by atoms with Gasteiger partial charge in [-0.15, -0.1) is 11.3 Å². The quantitative estimate of drug-likeness (QED) is 0.875. The summed E-state index contributed by atoms with van der Waals surface area (Å²) in [5.74, 6) is -1.35. The van der Waals surface area contributed by atoms with Gasteiger partial charge in [0, 0.05) is 9.35 Å². The van der Waals surface area contributed by atoms with Crippen molar-refractivity contribution in [3.8, 4) is 16.5 Å². The Kier molecular flexibility index (Phi) is 3.88. The molecule has 2 N–H and O–H groups in total. The van der Waals surface area contributed by atoms with Crippen LogP contribution in [0.15, 0.2) is 16.6 Å². The number of rotatable bonds is 2. The first kappa shape index (κ1) is 14.0. The highest BCUT2D eigenvalue weighted by molar-refractivity contribution is 9.10. The fourth-order valence-corrected chi connectivity index (χ4v) is 3.43. The lowest BCUT2D eigenvalue weighted by molar-refractivity contribution is 0.588. The molecule has 0 aliphatic rings. The Morgan fingerprint density at radius 3 is 2.42 bits per heavy atom. The molecule has 2 aromatic rings. The van der Waals surface area contributed by atoms with Crippen LogP contribution in [-0.4, -0.2) is 0 Å². The molecule has 0 amide bonds. The molecule has 0 aliphatic heterocycles. The normalized spacial score (nSPS) is 10.5. The zero-order chi connectivity index (χ0) is 14.2. The van der Waals surface area contributed by atoms with Crippen molar-refractivity contribution in [2.75, 3.05) is 5.73 Å². The van der Waals surface area contributed by atoms with E-state index in [2.05, 4.69) is 15.9 Å². The SMILES string of the molecule is CCc1c(-c2c(F)cc(Br)cc2F)sc(C#N)c1N. The van der Waals surface area contributed by atoms with Crippen LogP contribution < -0.4 is 5.73 Å². The lowest BCUT2D eigenvalue weighted by Crippen LogP contribution is -1.94. The summed E-state index contributed by atoms with van der Waals surface area (Å²) in [6.07, 6.45) is 0.508. The van der Waals surface area contributed by atoms with Crippen LogP contribution in [0.3, 0.4) is 0 Å². The maximum absolute atomic E-state index is 14.0. The molecule has 0 saturated carbocycles. The molecular formula is C13H9BrF2N2S. The lowest BCUT2D eigenvalue weighted by atomic mass is 10.1. The van der Waals surface area contributed by atoms with Gasteiger partial charge in [0.1, 0.15) is 22.6 Å². The molecule has 0 fully saturated rings. The van der Waals surface area contributed by atoms with Crippen molar-refractivity contribution in [3.63, 3.8) is 0 Å². The van der Waals surface area contributed by atoms with Crippen molar-refractivity contribution in [1.82, 2.24) is 0 Å². The van der Waals surface area contributed by atoms with Crippen LogP contribution in [0.4, 0.5) is 14.5 Å². The van der Waals surface area contributed by atoms with Crippen LogP contribution in [-0.2, 0) is 6.42 Å². The summed E-state index contributed by atoms with van der Waals surface area (Å²) in [6, 6.07) is 4.34. The van der Waals surface area contributed by atoms with Gasteiger partial charge in [-0.25, -0.2) is 8.78 Å². The molecule has 1 aromatic heterocycles. The van der Waals surface area contributed by atoms with E-state index in [0.29, 0.717) is 27.0 Å². The first-order valence-electron chi connectivity index (χ1n) is 5.45. The van der Waals surface area contributed by atoms with Crippen LogP contribution in [0.5, 0.6) is 0 Å². The largest absolute Gasteiger partial charge is 0.397 e. The molecule has 0 saturated heterocycles. The Labute approximate surface area is 121 Å². The van der Waals surface area contributed by atoms with Crippen molar-refractivity contribution >= 4 is 33.0 Å². The number of hydrogen-bond donors (Lipinski definition) is 1. The number of anilines is 1. The standard InChI is InChI=1S/C13H9BrF2N2S/c1-2-7-12(18)10(5-17)19-13(7)11-8(15)3-6(14)4-9(11)16/h3-4H,2,18H2,1H3. The summed E-state index contributed by atoms with van der Waals surface area (Å²) in [6.45, 7) is 1.83. The van der Waals surface area contributed by atoms with Gasteiger partial charge < -0.3 is 5.73 Å². The predicted molar refractivity (Wildman–Crippen MR) is 75.9 cm³/mol. The smallest absolute Gasteiger partial charge is 0.135 e. The minimum absolute atomic E-state index is 0.127. The van der Waals surface area contributed by atoms with E-state index in [1.807, 2.05) is 13.0 Å². The van der Waals surface area contributed by atoms with E-state index >= 15 is 0 Å². The lowest BCUT2D eigenvalue weighted by Gasteiger charge is -2.06. The summed E-state index contributed by atoms with van der Waals surface area (Å²) < 4.78 is 28.3. The minimum atomic E-state index is -0.674. The molecule has 0 spiro atoms. The van der Waals surface area contributed by atoms with Crippen LogP contribution in [0.2, 0.25) is 0 Å². The van der Waals surface area contributed by atoms with E-state index in [-0.39, 0.29) is 10.4 Å². The number of nitrogen functional groups attached to an aromatic ring is 1. The maximum atomic E-state index is 14.0. The second-order valence-electron chi connectivity index (χ2n) is 3.86. The van der Waals surface area contributed by atoms with E-state index in [4.69, 9.17) is 11.0 Å². The third-order valence-electron chi connectivity index (χ3n) is 2.74. The minimum Gasteiger partial charge on any atom is -0.397 e. The second-order valence-corrected chi connectivity index (χ2v) is 5.80. The summed E-state index contributed by atoms with van der Waals surface area (Å²) in [5.41, 5.74) is 6.62. The maximum Gasteiger partial charge on any atom is 0.135 e. The molecule has 2 nitrogen and oxygen atoms in total. The third kappa shape index (κ3) is 2.36. The van der Waals surface area contributed by atoms with Gasteiger partial charge in [0.15, 0.2) is 0 Å². The van der Waals surface area contributed by atoms with Crippen LogP contribution in [0.1, 0.15) is 17.4 Å². The number of halogens is 3. The fourth-order valence-electron chi connectivity index (χ4n) is 1.87. The molecule has 0 aliphatic carbocycles. The Morgan fingerprint density at radius 2 is 1.95 bits per heavy atom. The predicted octanol–water partition coefficient (Wildman–Crippen LogP) is 4.47. The Balaban J connectivity index is 2.76. The Morgan fingerprint density at radius 1 is 1.37 bits per heavy atom. The molecule has 2 rings (SSSR count). The van der Waals surface area contributed by atoms with Crippen LogP contribution >= 0.6 is 27.3 Å². The molecule has 0 radical (unpaired) electrons. The van der Waals surface area contributed by atoms with E-state index in [1.54, 1.807) is 0 Å². The molecule has 0 atom stereocenters. The second kappa shape index (κ2) is 5.27. The third-order valence-corrected chi connectivity index (χ3v) is 4.36. The molecule has 1 heterocycles. The van der Waals surface area contributed by atoms with Gasteiger partial charge in [0.05, 0.1) is 11.3 Å². The topological polar surface area (TPSA) is 49.8 Å². The summed E-state index contributed by atoms with van der Waals surface area (Å²) in [4.78, 5) is 0.674.